The zero-order chi connectivity index (χ0) is 23.3. The number of amides is 1. The maximum atomic E-state index is 12.9. The molecule has 0 aliphatic heterocycles. The van der Waals surface area contributed by atoms with Crippen molar-refractivity contribution in [3.63, 3.8) is 0 Å². The summed E-state index contributed by atoms with van der Waals surface area (Å²) in [6, 6.07) is 11.8. The summed E-state index contributed by atoms with van der Waals surface area (Å²) in [6.45, 7) is 3.27. The van der Waals surface area contributed by atoms with Crippen molar-refractivity contribution in [2.24, 2.45) is 0 Å². The average molecular weight is 454 g/mol. The van der Waals surface area contributed by atoms with Crippen LogP contribution in [0.15, 0.2) is 47.8 Å². The van der Waals surface area contributed by atoms with Gasteiger partial charge in [0.15, 0.2) is 18.1 Å². The second-order valence-electron chi connectivity index (χ2n) is 7.00. The van der Waals surface area contributed by atoms with Gasteiger partial charge in [-0.1, -0.05) is 23.8 Å². The van der Waals surface area contributed by atoms with Crippen molar-refractivity contribution >= 4 is 34.7 Å². The number of rotatable bonds is 8. The van der Waals surface area contributed by atoms with Gasteiger partial charge in [-0.2, -0.15) is 0 Å². The number of benzene rings is 2. The van der Waals surface area contributed by atoms with E-state index in [-0.39, 0.29) is 28.7 Å². The van der Waals surface area contributed by atoms with Crippen LogP contribution in [0, 0.1) is 13.8 Å². The molecule has 0 atom stereocenters. The van der Waals surface area contributed by atoms with E-state index < -0.39 is 12.6 Å². The molecule has 0 unspecified atom stereocenters. The number of aryl methyl sites for hydroxylation is 2. The van der Waals surface area contributed by atoms with Crippen molar-refractivity contribution in [3.8, 4) is 11.5 Å². The first-order valence-corrected chi connectivity index (χ1v) is 10.6. The number of methoxy groups -OCH3 is 2. The van der Waals surface area contributed by atoms with Gasteiger partial charge >= 0.3 is 5.97 Å². The molecule has 0 bridgehead atoms. The Labute approximate surface area is 189 Å². The van der Waals surface area contributed by atoms with E-state index in [9.17, 15) is 14.4 Å². The van der Waals surface area contributed by atoms with Crippen LogP contribution in [0.25, 0.3) is 0 Å². The molecule has 0 radical (unpaired) electrons. The summed E-state index contributed by atoms with van der Waals surface area (Å²) in [6.07, 6.45) is 0. The van der Waals surface area contributed by atoms with Crippen LogP contribution in [0.3, 0.4) is 0 Å². The predicted octanol–water partition coefficient (Wildman–Crippen LogP) is 4.67. The summed E-state index contributed by atoms with van der Waals surface area (Å²) in [5.41, 5.74) is 2.46. The zero-order valence-corrected chi connectivity index (χ0v) is 19.0. The second kappa shape index (κ2) is 10.1. The van der Waals surface area contributed by atoms with Crippen molar-refractivity contribution in [3.05, 3.63) is 75.0 Å². The topological polar surface area (TPSA) is 90.9 Å². The van der Waals surface area contributed by atoms with Crippen LogP contribution in [0.5, 0.6) is 11.5 Å². The third-order valence-corrected chi connectivity index (χ3v) is 5.63. The molecular weight excluding hydrogens is 430 g/mol. The number of hydrogen-bond acceptors (Lipinski definition) is 7. The molecule has 0 saturated carbocycles. The van der Waals surface area contributed by atoms with E-state index in [1.54, 1.807) is 23.6 Å². The molecule has 2 aromatic carbocycles. The Balaban J connectivity index is 1.85. The molecule has 0 aliphatic carbocycles. The molecule has 0 saturated heterocycles. The van der Waals surface area contributed by atoms with Gasteiger partial charge in [-0.25, -0.2) is 4.79 Å². The summed E-state index contributed by atoms with van der Waals surface area (Å²) >= 11 is 1.27. The number of carbonyl (C=O) groups excluding carboxylic acids is 3. The Hall–Kier alpha value is -3.65. The molecule has 0 aliphatic rings. The number of anilines is 1. The first-order chi connectivity index (χ1) is 15.3. The van der Waals surface area contributed by atoms with Gasteiger partial charge in [-0.15, -0.1) is 11.3 Å². The summed E-state index contributed by atoms with van der Waals surface area (Å²) in [5, 5.41) is 4.48. The molecule has 32 heavy (non-hydrogen) atoms. The quantitative estimate of drug-likeness (QED) is 0.394. The maximum Gasteiger partial charge on any atom is 0.340 e. The van der Waals surface area contributed by atoms with Crippen molar-refractivity contribution in [1.29, 1.82) is 0 Å². The normalized spacial score (nSPS) is 10.4. The largest absolute Gasteiger partial charge is 0.493 e. The molecule has 0 spiro atoms. The lowest BCUT2D eigenvalue weighted by Gasteiger charge is -2.15. The number of Topliss-reactive ketones (excluding diaryl/α,β-unsaturated/α-hetero) is 1. The third kappa shape index (κ3) is 5.15. The third-order valence-electron chi connectivity index (χ3n) is 4.76. The van der Waals surface area contributed by atoms with E-state index >= 15 is 0 Å². The number of thiophene rings is 1. The summed E-state index contributed by atoms with van der Waals surface area (Å²) in [5.74, 6) is -0.852. The summed E-state index contributed by atoms with van der Waals surface area (Å²) in [7, 11) is 2.88. The highest BCUT2D eigenvalue weighted by Crippen LogP contribution is 2.34. The van der Waals surface area contributed by atoms with Gasteiger partial charge in [-0.05, 0) is 36.9 Å². The molecule has 7 nitrogen and oxygen atoms in total. The van der Waals surface area contributed by atoms with E-state index in [1.807, 2.05) is 26.0 Å². The van der Waals surface area contributed by atoms with E-state index in [1.165, 1.54) is 37.7 Å². The first-order valence-electron chi connectivity index (χ1n) is 9.72. The zero-order valence-electron chi connectivity index (χ0n) is 18.2. The van der Waals surface area contributed by atoms with Crippen LogP contribution in [0.2, 0.25) is 0 Å². The van der Waals surface area contributed by atoms with E-state index in [2.05, 4.69) is 5.32 Å². The lowest BCUT2D eigenvalue weighted by Crippen LogP contribution is -2.18. The minimum Gasteiger partial charge on any atom is -0.493 e. The van der Waals surface area contributed by atoms with Gasteiger partial charge in [-0.3, -0.25) is 9.59 Å². The first kappa shape index (κ1) is 23.0. The Morgan fingerprint density at radius 2 is 1.66 bits per heavy atom. The Morgan fingerprint density at radius 3 is 2.31 bits per heavy atom. The molecule has 8 heteroatoms. The van der Waals surface area contributed by atoms with Crippen LogP contribution in [0.4, 0.5) is 5.69 Å². The Bertz CT molecular complexity index is 1150. The fourth-order valence-corrected chi connectivity index (χ4v) is 3.68. The molecule has 0 fully saturated rings. The highest BCUT2D eigenvalue weighted by Gasteiger charge is 2.22. The van der Waals surface area contributed by atoms with E-state index in [4.69, 9.17) is 14.2 Å². The number of ether oxygens (including phenoxy) is 3. The van der Waals surface area contributed by atoms with Gasteiger partial charge in [0, 0.05) is 17.7 Å². The van der Waals surface area contributed by atoms with Crippen LogP contribution < -0.4 is 14.8 Å². The van der Waals surface area contributed by atoms with Gasteiger partial charge in [0.25, 0.3) is 5.91 Å². The molecule has 3 aromatic rings. The lowest BCUT2D eigenvalue weighted by atomic mass is 10.0. The van der Waals surface area contributed by atoms with Crippen molar-refractivity contribution in [1.82, 2.24) is 0 Å². The minimum atomic E-state index is -0.772. The van der Waals surface area contributed by atoms with Crippen LogP contribution in [0.1, 0.15) is 41.5 Å². The van der Waals surface area contributed by atoms with Crippen molar-refractivity contribution in [2.75, 3.05) is 26.1 Å². The molecule has 166 valence electrons. The van der Waals surface area contributed by atoms with Gasteiger partial charge in [0.05, 0.1) is 30.3 Å². The molecule has 1 N–H and O–H groups in total. The molecule has 3 rings (SSSR count). The van der Waals surface area contributed by atoms with Gasteiger partial charge < -0.3 is 19.5 Å². The van der Waals surface area contributed by atoms with E-state index in [0.29, 0.717) is 16.2 Å². The van der Waals surface area contributed by atoms with Crippen molar-refractivity contribution in [2.45, 2.75) is 13.8 Å². The second-order valence-corrected chi connectivity index (χ2v) is 7.95. The number of hydrogen-bond donors (Lipinski definition) is 1. The van der Waals surface area contributed by atoms with Crippen molar-refractivity contribution < 1.29 is 28.6 Å². The van der Waals surface area contributed by atoms with Gasteiger partial charge in [0.2, 0.25) is 5.78 Å². The maximum absolute atomic E-state index is 12.9. The number of ketones is 1. The predicted molar refractivity (Wildman–Crippen MR) is 122 cm³/mol. The fraction of sp³-hybridized carbons (Fsp3) is 0.208. The van der Waals surface area contributed by atoms with E-state index in [0.717, 1.165) is 11.1 Å². The fourth-order valence-electron chi connectivity index (χ4n) is 3.07. The number of esters is 1. The van der Waals surface area contributed by atoms with Crippen LogP contribution in [-0.2, 0) is 4.74 Å². The number of nitrogens with one attached hydrogen (secondary N) is 1. The average Bonchev–Trinajstić information content (AvgIpc) is 3.33. The molecule has 1 heterocycles. The number of carbonyl (C=O) groups is 3. The summed E-state index contributed by atoms with van der Waals surface area (Å²) in [4.78, 5) is 38.5. The standard InChI is InChI=1S/C24H23NO6S/c1-14-7-8-15(2)16(10-14)19(26)13-31-24(28)17-11-20(29-3)21(30-4)12-18(17)25-23(27)22-6-5-9-32-22/h5-12H,13H2,1-4H3,(H,25,27). The highest BCUT2D eigenvalue weighted by atomic mass is 32.1. The van der Waals surface area contributed by atoms with Crippen LogP contribution >= 0.6 is 11.3 Å². The Morgan fingerprint density at radius 1 is 0.938 bits per heavy atom. The highest BCUT2D eigenvalue weighted by molar-refractivity contribution is 7.12. The molecule has 1 aromatic heterocycles. The Kier molecular flexibility index (Phi) is 7.27. The monoisotopic (exact) mass is 453 g/mol. The summed E-state index contributed by atoms with van der Waals surface area (Å²) < 4.78 is 15.8. The smallest absolute Gasteiger partial charge is 0.340 e. The SMILES string of the molecule is COc1cc(NC(=O)c2cccs2)c(C(=O)OCC(=O)c2cc(C)ccc2C)cc1OC. The lowest BCUT2D eigenvalue weighted by molar-refractivity contribution is 0.0475. The van der Waals surface area contributed by atoms with Gasteiger partial charge in [0.1, 0.15) is 0 Å². The molecule has 1 amide bonds. The molecular formula is C24H23NO6S. The minimum absolute atomic E-state index is 0.0429. The van der Waals surface area contributed by atoms with Crippen LogP contribution in [-0.4, -0.2) is 38.5 Å².